The number of nitrogens with zero attached hydrogens (tertiary/aromatic N) is 3. The topological polar surface area (TPSA) is 71.8 Å². The van der Waals surface area contributed by atoms with Gasteiger partial charge < -0.3 is 15.2 Å². The summed E-state index contributed by atoms with van der Waals surface area (Å²) in [5, 5.41) is 5.79. The second-order valence-electron chi connectivity index (χ2n) is 4.09. The van der Waals surface area contributed by atoms with Gasteiger partial charge >= 0.3 is 0 Å². The van der Waals surface area contributed by atoms with E-state index in [1.54, 1.807) is 37.9 Å². The largest absolute Gasteiger partial charge is 0.373 e. The van der Waals surface area contributed by atoms with Crippen LogP contribution in [0.3, 0.4) is 0 Å². The quantitative estimate of drug-likeness (QED) is 0.763. The van der Waals surface area contributed by atoms with Gasteiger partial charge in [-0.05, 0) is 18.6 Å². The summed E-state index contributed by atoms with van der Waals surface area (Å²) < 4.78 is 1.98. The Morgan fingerprint density at radius 2 is 2.32 bits per heavy atom. The van der Waals surface area contributed by atoms with Crippen LogP contribution in [-0.2, 0) is 6.54 Å². The third-order valence-electron chi connectivity index (χ3n) is 2.72. The van der Waals surface area contributed by atoms with E-state index in [0.29, 0.717) is 17.9 Å². The number of rotatable bonds is 6. The van der Waals surface area contributed by atoms with Crippen molar-refractivity contribution in [1.82, 2.24) is 19.9 Å². The molecule has 0 fully saturated rings. The first kappa shape index (κ1) is 13.1. The van der Waals surface area contributed by atoms with Crippen molar-refractivity contribution in [2.45, 2.75) is 13.0 Å². The zero-order valence-electron chi connectivity index (χ0n) is 10.8. The molecule has 0 bridgehead atoms. The van der Waals surface area contributed by atoms with Crippen LogP contribution in [0.15, 0.2) is 37.1 Å². The molecule has 0 unspecified atom stereocenters. The highest BCUT2D eigenvalue weighted by Crippen LogP contribution is 2.05. The van der Waals surface area contributed by atoms with Crippen molar-refractivity contribution in [2.24, 2.45) is 0 Å². The number of aryl methyl sites for hydroxylation is 1. The van der Waals surface area contributed by atoms with Gasteiger partial charge in [0.1, 0.15) is 5.82 Å². The molecule has 19 heavy (non-hydrogen) atoms. The van der Waals surface area contributed by atoms with Crippen molar-refractivity contribution in [3.05, 3.63) is 42.6 Å². The average molecular weight is 259 g/mol. The predicted octanol–water partition coefficient (Wildman–Crippen LogP) is 1.14. The van der Waals surface area contributed by atoms with E-state index in [1.807, 2.05) is 10.8 Å². The Bertz CT molecular complexity index is 524. The zero-order valence-corrected chi connectivity index (χ0v) is 10.8. The number of hydrogen-bond acceptors (Lipinski definition) is 4. The van der Waals surface area contributed by atoms with Crippen molar-refractivity contribution < 1.29 is 4.79 Å². The Kier molecular flexibility index (Phi) is 4.49. The van der Waals surface area contributed by atoms with E-state index < -0.39 is 0 Å². The van der Waals surface area contributed by atoms with Crippen molar-refractivity contribution in [1.29, 1.82) is 0 Å². The van der Waals surface area contributed by atoms with Crippen LogP contribution in [0, 0.1) is 0 Å². The fourth-order valence-corrected chi connectivity index (χ4v) is 1.69. The molecule has 0 aliphatic heterocycles. The van der Waals surface area contributed by atoms with Gasteiger partial charge in [0.05, 0.1) is 6.33 Å². The number of aromatic nitrogens is 3. The molecule has 100 valence electrons. The second-order valence-corrected chi connectivity index (χ2v) is 4.09. The van der Waals surface area contributed by atoms with Crippen molar-refractivity contribution in [2.75, 3.05) is 18.9 Å². The number of pyridine rings is 1. The first-order valence-corrected chi connectivity index (χ1v) is 6.17. The molecule has 2 aromatic rings. The Morgan fingerprint density at radius 3 is 3.05 bits per heavy atom. The minimum Gasteiger partial charge on any atom is -0.373 e. The molecule has 2 rings (SSSR count). The first-order valence-electron chi connectivity index (χ1n) is 6.17. The Labute approximate surface area is 111 Å². The average Bonchev–Trinajstić information content (AvgIpc) is 2.96. The van der Waals surface area contributed by atoms with Gasteiger partial charge in [-0.2, -0.15) is 0 Å². The fraction of sp³-hybridized carbons (Fsp3) is 0.308. The molecule has 0 atom stereocenters. The monoisotopic (exact) mass is 259 g/mol. The summed E-state index contributed by atoms with van der Waals surface area (Å²) in [7, 11) is 1.77. The van der Waals surface area contributed by atoms with E-state index >= 15 is 0 Å². The van der Waals surface area contributed by atoms with Crippen LogP contribution in [0.5, 0.6) is 0 Å². The van der Waals surface area contributed by atoms with E-state index in [4.69, 9.17) is 0 Å². The smallest absolute Gasteiger partial charge is 0.251 e. The summed E-state index contributed by atoms with van der Waals surface area (Å²) in [4.78, 5) is 19.9. The van der Waals surface area contributed by atoms with Crippen LogP contribution in [0.4, 0.5) is 5.82 Å². The van der Waals surface area contributed by atoms with Crippen molar-refractivity contribution >= 4 is 11.7 Å². The summed E-state index contributed by atoms with van der Waals surface area (Å²) in [6.07, 6.45) is 7.90. The lowest BCUT2D eigenvalue weighted by atomic mass is 10.2. The summed E-state index contributed by atoms with van der Waals surface area (Å²) in [6.45, 7) is 1.48. The molecule has 0 aliphatic rings. The van der Waals surface area contributed by atoms with Gasteiger partial charge in [0.2, 0.25) is 0 Å². The third-order valence-corrected chi connectivity index (χ3v) is 2.72. The minimum absolute atomic E-state index is 0.0791. The van der Waals surface area contributed by atoms with Crippen LogP contribution in [0.1, 0.15) is 16.8 Å². The van der Waals surface area contributed by atoms with Gasteiger partial charge in [0, 0.05) is 44.3 Å². The van der Waals surface area contributed by atoms with Gasteiger partial charge in [0.15, 0.2) is 0 Å². The summed E-state index contributed by atoms with van der Waals surface area (Å²) >= 11 is 0. The van der Waals surface area contributed by atoms with E-state index in [-0.39, 0.29) is 5.91 Å². The molecule has 0 aromatic carbocycles. The molecule has 2 aromatic heterocycles. The number of imidazole rings is 1. The number of carbonyl (C=O) groups excluding carboxylic acids is 1. The number of nitrogens with one attached hydrogen (secondary N) is 2. The Balaban J connectivity index is 1.77. The summed E-state index contributed by atoms with van der Waals surface area (Å²) in [5.41, 5.74) is 0.613. The van der Waals surface area contributed by atoms with Gasteiger partial charge in [-0.1, -0.05) is 0 Å². The standard InChI is InChI=1S/C13H17N5O/c1-14-12-9-11(3-5-16-12)13(19)17-4-2-7-18-8-6-15-10-18/h3,5-6,8-10H,2,4,7H2,1H3,(H,14,16)(H,17,19). The van der Waals surface area contributed by atoms with E-state index in [1.165, 1.54) is 0 Å². The van der Waals surface area contributed by atoms with Gasteiger partial charge in [-0.3, -0.25) is 4.79 Å². The van der Waals surface area contributed by atoms with Gasteiger partial charge in [0.25, 0.3) is 5.91 Å². The van der Waals surface area contributed by atoms with E-state index in [0.717, 1.165) is 13.0 Å². The lowest BCUT2D eigenvalue weighted by molar-refractivity contribution is 0.0952. The van der Waals surface area contributed by atoms with E-state index in [9.17, 15) is 4.79 Å². The van der Waals surface area contributed by atoms with Gasteiger partial charge in [-0.15, -0.1) is 0 Å². The zero-order chi connectivity index (χ0) is 13.5. The number of carbonyl (C=O) groups is 1. The van der Waals surface area contributed by atoms with Gasteiger partial charge in [-0.25, -0.2) is 9.97 Å². The van der Waals surface area contributed by atoms with Crippen molar-refractivity contribution in [3.63, 3.8) is 0 Å². The molecule has 0 radical (unpaired) electrons. The van der Waals surface area contributed by atoms with E-state index in [2.05, 4.69) is 20.6 Å². The lowest BCUT2D eigenvalue weighted by Crippen LogP contribution is -2.25. The normalized spacial score (nSPS) is 10.2. The number of amides is 1. The predicted molar refractivity (Wildman–Crippen MR) is 73.0 cm³/mol. The van der Waals surface area contributed by atoms with Crippen LogP contribution in [0.25, 0.3) is 0 Å². The third kappa shape index (κ3) is 3.80. The molecule has 0 spiro atoms. The Morgan fingerprint density at radius 1 is 1.42 bits per heavy atom. The molecule has 1 amide bonds. The maximum atomic E-state index is 11.9. The molecule has 0 saturated heterocycles. The molecule has 6 heteroatoms. The fourth-order valence-electron chi connectivity index (χ4n) is 1.69. The maximum Gasteiger partial charge on any atom is 0.251 e. The Hall–Kier alpha value is -2.37. The SMILES string of the molecule is CNc1cc(C(=O)NCCCn2ccnc2)ccn1. The highest BCUT2D eigenvalue weighted by Gasteiger charge is 2.05. The van der Waals surface area contributed by atoms with Crippen LogP contribution in [0.2, 0.25) is 0 Å². The molecule has 2 N–H and O–H groups in total. The molecular weight excluding hydrogens is 242 g/mol. The van der Waals surface area contributed by atoms with Crippen LogP contribution < -0.4 is 10.6 Å². The second kappa shape index (κ2) is 6.53. The molecule has 0 saturated carbocycles. The minimum atomic E-state index is -0.0791. The number of anilines is 1. The lowest BCUT2D eigenvalue weighted by Gasteiger charge is -2.06. The molecular formula is C13H17N5O. The maximum absolute atomic E-state index is 11.9. The summed E-state index contributed by atoms with van der Waals surface area (Å²) in [6, 6.07) is 3.43. The highest BCUT2D eigenvalue weighted by atomic mass is 16.1. The summed E-state index contributed by atoms with van der Waals surface area (Å²) in [5.74, 6) is 0.607. The number of hydrogen-bond donors (Lipinski definition) is 2. The van der Waals surface area contributed by atoms with Crippen LogP contribution in [-0.4, -0.2) is 34.0 Å². The molecule has 2 heterocycles. The molecule has 6 nitrogen and oxygen atoms in total. The van der Waals surface area contributed by atoms with Crippen molar-refractivity contribution in [3.8, 4) is 0 Å². The van der Waals surface area contributed by atoms with Crippen LogP contribution >= 0.6 is 0 Å². The highest BCUT2D eigenvalue weighted by molar-refractivity contribution is 5.94. The first-order chi connectivity index (χ1) is 9.29. The molecule has 0 aliphatic carbocycles.